The molecule has 1 rings (SSSR count). The number of pyridine rings is 1. The molecule has 0 aliphatic rings. The molecule has 0 spiro atoms. The molecule has 3 nitrogen and oxygen atoms in total. The Hall–Kier alpha value is -1.16. The van der Waals surface area contributed by atoms with E-state index in [0.717, 1.165) is 5.56 Å². The van der Waals surface area contributed by atoms with Gasteiger partial charge < -0.3 is 9.72 Å². The van der Waals surface area contributed by atoms with E-state index in [4.69, 9.17) is 12.2 Å². The predicted octanol–water partition coefficient (Wildman–Crippen LogP) is 1.84. The second-order valence-corrected chi connectivity index (χ2v) is 2.83. The van der Waals surface area contributed by atoms with Crippen molar-refractivity contribution >= 4 is 18.2 Å². The van der Waals surface area contributed by atoms with Crippen molar-refractivity contribution in [3.05, 3.63) is 28.0 Å². The zero-order valence-corrected chi connectivity index (χ0v) is 7.70. The van der Waals surface area contributed by atoms with E-state index in [2.05, 4.69) is 9.72 Å². The fourth-order valence-corrected chi connectivity index (χ4v) is 1.14. The lowest BCUT2D eigenvalue weighted by atomic mass is 10.2. The lowest BCUT2D eigenvalue weighted by molar-refractivity contribution is 0.0599. The zero-order chi connectivity index (χ0) is 9.14. The van der Waals surface area contributed by atoms with Gasteiger partial charge in [0, 0.05) is 6.20 Å². The number of methoxy groups -OCH3 is 1. The van der Waals surface area contributed by atoms with Crippen molar-refractivity contribution in [2.45, 2.75) is 6.92 Å². The minimum absolute atomic E-state index is 0.348. The molecule has 4 heteroatoms. The standard InChI is InChI=1S/C8H9NO2S/c1-5-3-7(12)9-4-6(5)8(10)11-2/h3-4H,1-2H3,(H,9,12). The normalized spacial score (nSPS) is 9.50. The number of hydrogen-bond acceptors (Lipinski definition) is 3. The lowest BCUT2D eigenvalue weighted by Gasteiger charge is -2.01. The molecule has 12 heavy (non-hydrogen) atoms. The highest BCUT2D eigenvalue weighted by Crippen LogP contribution is 2.06. The second-order valence-electron chi connectivity index (χ2n) is 2.39. The van der Waals surface area contributed by atoms with Gasteiger partial charge in [-0.05, 0) is 18.6 Å². The molecule has 0 amide bonds. The average molecular weight is 183 g/mol. The van der Waals surface area contributed by atoms with Crippen LogP contribution in [0.15, 0.2) is 12.3 Å². The number of rotatable bonds is 1. The molecule has 0 unspecified atom stereocenters. The Morgan fingerprint density at radius 1 is 1.67 bits per heavy atom. The molecular formula is C8H9NO2S. The summed E-state index contributed by atoms with van der Waals surface area (Å²) in [5.41, 5.74) is 1.34. The first-order valence-corrected chi connectivity index (χ1v) is 3.83. The summed E-state index contributed by atoms with van der Waals surface area (Å²) in [5.74, 6) is -0.348. The molecule has 0 fully saturated rings. The Kier molecular flexibility index (Phi) is 2.60. The second kappa shape index (κ2) is 3.49. The maximum atomic E-state index is 11.1. The molecule has 0 aliphatic heterocycles. The number of aromatic amines is 1. The summed E-state index contributed by atoms with van der Waals surface area (Å²) in [6, 6.07) is 1.72. The van der Waals surface area contributed by atoms with E-state index in [1.807, 2.05) is 6.92 Å². The van der Waals surface area contributed by atoms with Gasteiger partial charge in [0.25, 0.3) is 0 Å². The van der Waals surface area contributed by atoms with Crippen LogP contribution < -0.4 is 0 Å². The predicted molar refractivity (Wildman–Crippen MR) is 47.7 cm³/mol. The van der Waals surface area contributed by atoms with Crippen molar-refractivity contribution in [3.8, 4) is 0 Å². The van der Waals surface area contributed by atoms with Gasteiger partial charge in [-0.15, -0.1) is 0 Å². The van der Waals surface area contributed by atoms with Gasteiger partial charge in [0.2, 0.25) is 0 Å². The number of hydrogen-bond donors (Lipinski definition) is 1. The van der Waals surface area contributed by atoms with Crippen LogP contribution in [0.5, 0.6) is 0 Å². The van der Waals surface area contributed by atoms with Crippen LogP contribution in [0.4, 0.5) is 0 Å². The van der Waals surface area contributed by atoms with Crippen LogP contribution in [-0.4, -0.2) is 18.1 Å². The number of H-pyrrole nitrogens is 1. The number of carbonyl (C=O) groups is 1. The van der Waals surface area contributed by atoms with Crippen LogP contribution >= 0.6 is 12.2 Å². The molecule has 0 saturated carbocycles. The summed E-state index contributed by atoms with van der Waals surface area (Å²) >= 11 is 4.87. The summed E-state index contributed by atoms with van der Waals surface area (Å²) in [6.45, 7) is 1.82. The van der Waals surface area contributed by atoms with Gasteiger partial charge in [-0.2, -0.15) is 0 Å². The Morgan fingerprint density at radius 3 is 2.83 bits per heavy atom. The summed E-state index contributed by atoms with van der Waals surface area (Å²) in [4.78, 5) is 13.8. The largest absolute Gasteiger partial charge is 0.465 e. The van der Waals surface area contributed by atoms with E-state index in [1.165, 1.54) is 7.11 Å². The van der Waals surface area contributed by atoms with Crippen molar-refractivity contribution in [1.82, 2.24) is 4.98 Å². The van der Waals surface area contributed by atoms with E-state index < -0.39 is 0 Å². The first-order valence-electron chi connectivity index (χ1n) is 3.43. The Bertz CT molecular complexity index is 356. The molecule has 64 valence electrons. The molecule has 0 saturated heterocycles. The van der Waals surface area contributed by atoms with Gasteiger partial charge >= 0.3 is 5.97 Å². The highest BCUT2D eigenvalue weighted by molar-refractivity contribution is 7.71. The third kappa shape index (κ3) is 1.71. The minimum Gasteiger partial charge on any atom is -0.465 e. The topological polar surface area (TPSA) is 42.1 Å². The van der Waals surface area contributed by atoms with Crippen LogP contribution in [0, 0.1) is 11.6 Å². The Balaban J connectivity index is 3.18. The first-order chi connectivity index (χ1) is 5.65. The highest BCUT2D eigenvalue weighted by Gasteiger charge is 2.07. The maximum Gasteiger partial charge on any atom is 0.339 e. The maximum absolute atomic E-state index is 11.1. The Morgan fingerprint density at radius 2 is 2.33 bits per heavy atom. The van der Waals surface area contributed by atoms with Crippen LogP contribution in [0.25, 0.3) is 0 Å². The van der Waals surface area contributed by atoms with E-state index >= 15 is 0 Å². The molecular weight excluding hydrogens is 174 g/mol. The molecule has 0 aromatic carbocycles. The number of aromatic nitrogens is 1. The monoisotopic (exact) mass is 183 g/mol. The Labute approximate surface area is 75.4 Å². The SMILES string of the molecule is COC(=O)c1c[nH]c(=S)cc1C. The van der Waals surface area contributed by atoms with E-state index in [0.29, 0.717) is 10.2 Å². The summed E-state index contributed by atoms with van der Waals surface area (Å²) in [5, 5.41) is 0. The average Bonchev–Trinajstić information content (AvgIpc) is 2.03. The smallest absolute Gasteiger partial charge is 0.339 e. The van der Waals surface area contributed by atoms with Gasteiger partial charge in [0.15, 0.2) is 0 Å². The van der Waals surface area contributed by atoms with Crippen LogP contribution in [-0.2, 0) is 4.74 Å². The third-order valence-corrected chi connectivity index (χ3v) is 1.77. The number of esters is 1. The molecule has 1 aromatic rings. The van der Waals surface area contributed by atoms with Gasteiger partial charge in [0.05, 0.1) is 12.7 Å². The highest BCUT2D eigenvalue weighted by atomic mass is 32.1. The molecule has 0 bridgehead atoms. The summed E-state index contributed by atoms with van der Waals surface area (Å²) < 4.78 is 5.18. The molecule has 0 aliphatic carbocycles. The van der Waals surface area contributed by atoms with Gasteiger partial charge in [-0.25, -0.2) is 4.79 Å². The fraction of sp³-hybridized carbons (Fsp3) is 0.250. The van der Waals surface area contributed by atoms with Crippen LogP contribution in [0.2, 0.25) is 0 Å². The summed E-state index contributed by atoms with van der Waals surface area (Å²) in [6.07, 6.45) is 1.56. The van der Waals surface area contributed by atoms with Crippen molar-refractivity contribution in [2.75, 3.05) is 7.11 Å². The van der Waals surface area contributed by atoms with Crippen molar-refractivity contribution in [1.29, 1.82) is 0 Å². The summed E-state index contributed by atoms with van der Waals surface area (Å²) in [7, 11) is 1.35. The molecule has 1 N–H and O–H groups in total. The quantitative estimate of drug-likeness (QED) is 0.533. The zero-order valence-electron chi connectivity index (χ0n) is 6.88. The minimum atomic E-state index is -0.348. The van der Waals surface area contributed by atoms with Crippen LogP contribution in [0.3, 0.4) is 0 Å². The number of nitrogens with one attached hydrogen (secondary N) is 1. The van der Waals surface area contributed by atoms with Crippen molar-refractivity contribution in [2.24, 2.45) is 0 Å². The fourth-order valence-electron chi connectivity index (χ4n) is 0.903. The third-order valence-electron chi connectivity index (χ3n) is 1.54. The van der Waals surface area contributed by atoms with Crippen molar-refractivity contribution < 1.29 is 9.53 Å². The molecule has 0 atom stereocenters. The number of ether oxygens (including phenoxy) is 1. The lowest BCUT2D eigenvalue weighted by Crippen LogP contribution is -2.04. The molecule has 0 radical (unpaired) electrons. The van der Waals surface area contributed by atoms with Gasteiger partial charge in [0.1, 0.15) is 4.64 Å². The molecule has 1 aromatic heterocycles. The van der Waals surface area contributed by atoms with Crippen LogP contribution in [0.1, 0.15) is 15.9 Å². The molecule has 1 heterocycles. The number of carbonyl (C=O) groups excluding carboxylic acids is 1. The first kappa shape index (κ1) is 8.93. The van der Waals surface area contributed by atoms with E-state index in [-0.39, 0.29) is 5.97 Å². The van der Waals surface area contributed by atoms with Gasteiger partial charge in [-0.3, -0.25) is 0 Å². The number of aryl methyl sites for hydroxylation is 1. The van der Waals surface area contributed by atoms with E-state index in [1.54, 1.807) is 12.3 Å². The van der Waals surface area contributed by atoms with E-state index in [9.17, 15) is 4.79 Å². The van der Waals surface area contributed by atoms with Crippen molar-refractivity contribution in [3.63, 3.8) is 0 Å². The van der Waals surface area contributed by atoms with Gasteiger partial charge in [-0.1, -0.05) is 12.2 Å².